The molecule has 2 heterocycles. The first-order chi connectivity index (χ1) is 8.31. The number of aromatic nitrogens is 2. The maximum Gasteiger partial charge on any atom is 0.159 e. The maximum atomic E-state index is 5.55. The molecule has 0 aliphatic carbocycles. The molecule has 1 aliphatic heterocycles. The van der Waals surface area contributed by atoms with Crippen molar-refractivity contribution in [1.29, 1.82) is 0 Å². The fourth-order valence-corrected chi connectivity index (χ4v) is 2.28. The van der Waals surface area contributed by atoms with Crippen molar-refractivity contribution in [2.24, 2.45) is 5.84 Å². The zero-order valence-corrected chi connectivity index (χ0v) is 11.0. The van der Waals surface area contributed by atoms with Gasteiger partial charge >= 0.3 is 0 Å². The van der Waals surface area contributed by atoms with Crippen molar-refractivity contribution in [2.75, 3.05) is 23.9 Å². The zero-order valence-electron chi connectivity index (χ0n) is 9.45. The molecule has 1 aromatic rings. The van der Waals surface area contributed by atoms with E-state index < -0.39 is 0 Å². The third-order valence-electron chi connectivity index (χ3n) is 2.71. The molecule has 6 nitrogen and oxygen atoms in total. The van der Waals surface area contributed by atoms with Crippen molar-refractivity contribution < 1.29 is 4.74 Å². The summed E-state index contributed by atoms with van der Waals surface area (Å²) in [5.41, 5.74) is 2.50. The van der Waals surface area contributed by atoms with E-state index in [1.807, 2.05) is 0 Å². The van der Waals surface area contributed by atoms with Gasteiger partial charge in [-0.25, -0.2) is 15.8 Å². The number of nitrogens with two attached hydrogens (primary N) is 1. The van der Waals surface area contributed by atoms with Crippen molar-refractivity contribution >= 4 is 27.6 Å². The van der Waals surface area contributed by atoms with E-state index in [-0.39, 0.29) is 0 Å². The van der Waals surface area contributed by atoms with Crippen molar-refractivity contribution in [3.8, 4) is 0 Å². The Hall–Kier alpha value is -0.920. The van der Waals surface area contributed by atoms with E-state index in [1.165, 1.54) is 12.7 Å². The smallest absolute Gasteiger partial charge is 0.159 e. The number of hydrogen-bond acceptors (Lipinski definition) is 6. The van der Waals surface area contributed by atoms with Gasteiger partial charge in [-0.1, -0.05) is 0 Å². The lowest BCUT2D eigenvalue weighted by Gasteiger charge is -2.12. The Bertz CT molecular complexity index is 370. The van der Waals surface area contributed by atoms with Crippen LogP contribution in [0.2, 0.25) is 0 Å². The van der Waals surface area contributed by atoms with Gasteiger partial charge in [-0.05, 0) is 35.2 Å². The summed E-state index contributed by atoms with van der Waals surface area (Å²) in [7, 11) is 0. The summed E-state index contributed by atoms with van der Waals surface area (Å²) in [4.78, 5) is 8.13. The minimum absolute atomic E-state index is 0.384. The van der Waals surface area contributed by atoms with E-state index in [9.17, 15) is 0 Å². The summed E-state index contributed by atoms with van der Waals surface area (Å²) in [5.74, 6) is 6.64. The molecule has 1 fully saturated rings. The van der Waals surface area contributed by atoms with Crippen LogP contribution in [0.4, 0.5) is 11.6 Å². The van der Waals surface area contributed by atoms with Crippen LogP contribution >= 0.6 is 15.9 Å². The quantitative estimate of drug-likeness (QED) is 0.565. The molecule has 0 radical (unpaired) electrons. The number of halogens is 1. The molecular formula is C10H16BrN5O. The normalized spacial score (nSPS) is 19.3. The van der Waals surface area contributed by atoms with Gasteiger partial charge in [-0.3, -0.25) is 0 Å². The first kappa shape index (κ1) is 12.5. The largest absolute Gasteiger partial charge is 0.378 e. The highest BCUT2D eigenvalue weighted by atomic mass is 79.9. The average Bonchev–Trinajstić information content (AvgIpc) is 2.84. The molecule has 0 bridgehead atoms. The number of anilines is 2. The Morgan fingerprint density at radius 1 is 1.47 bits per heavy atom. The van der Waals surface area contributed by atoms with Gasteiger partial charge in [0.1, 0.15) is 16.6 Å². The minimum atomic E-state index is 0.384. The lowest BCUT2D eigenvalue weighted by atomic mass is 10.2. The van der Waals surface area contributed by atoms with Crippen LogP contribution in [0.5, 0.6) is 0 Å². The lowest BCUT2D eigenvalue weighted by molar-refractivity contribution is 0.107. The Labute approximate surface area is 108 Å². The van der Waals surface area contributed by atoms with Gasteiger partial charge in [0.05, 0.1) is 6.10 Å². The lowest BCUT2D eigenvalue weighted by Crippen LogP contribution is -2.15. The monoisotopic (exact) mass is 301 g/mol. The number of nitrogens with one attached hydrogen (secondary N) is 2. The second-order valence-corrected chi connectivity index (χ2v) is 4.67. The molecule has 1 atom stereocenters. The number of nitrogens with zero attached hydrogens (tertiary/aromatic N) is 2. The molecule has 17 heavy (non-hydrogen) atoms. The summed E-state index contributed by atoms with van der Waals surface area (Å²) in [5, 5.41) is 3.24. The van der Waals surface area contributed by atoms with Gasteiger partial charge < -0.3 is 15.5 Å². The third kappa shape index (κ3) is 3.27. The SMILES string of the molecule is NNc1ncnc(NCCC2CCCO2)c1Br. The first-order valence-corrected chi connectivity index (χ1v) is 6.43. The van der Waals surface area contributed by atoms with E-state index >= 15 is 0 Å². The van der Waals surface area contributed by atoms with Crippen molar-refractivity contribution in [3.05, 3.63) is 10.8 Å². The molecule has 0 aromatic carbocycles. The van der Waals surface area contributed by atoms with Crippen LogP contribution < -0.4 is 16.6 Å². The summed E-state index contributed by atoms with van der Waals surface area (Å²) in [6.45, 7) is 1.72. The van der Waals surface area contributed by atoms with Gasteiger partial charge in [0, 0.05) is 13.2 Å². The fraction of sp³-hybridized carbons (Fsp3) is 0.600. The van der Waals surface area contributed by atoms with Crippen LogP contribution in [0.25, 0.3) is 0 Å². The van der Waals surface area contributed by atoms with E-state index in [4.69, 9.17) is 10.6 Å². The van der Waals surface area contributed by atoms with Crippen LogP contribution in [-0.2, 0) is 4.74 Å². The van der Waals surface area contributed by atoms with Gasteiger partial charge in [0.15, 0.2) is 5.82 Å². The second-order valence-electron chi connectivity index (χ2n) is 3.88. The molecule has 4 N–H and O–H groups in total. The average molecular weight is 302 g/mol. The minimum Gasteiger partial charge on any atom is -0.378 e. The topological polar surface area (TPSA) is 85.1 Å². The van der Waals surface area contributed by atoms with Gasteiger partial charge in [-0.2, -0.15) is 0 Å². The molecular weight excluding hydrogens is 286 g/mol. The molecule has 7 heteroatoms. The third-order valence-corrected chi connectivity index (χ3v) is 3.46. The highest BCUT2D eigenvalue weighted by Gasteiger charge is 2.15. The fourth-order valence-electron chi connectivity index (χ4n) is 1.82. The van der Waals surface area contributed by atoms with Crippen LogP contribution in [0.15, 0.2) is 10.8 Å². The molecule has 1 saturated heterocycles. The number of nitrogen functional groups attached to an aromatic ring is 1. The van der Waals surface area contributed by atoms with Crippen molar-refractivity contribution in [1.82, 2.24) is 9.97 Å². The molecule has 0 saturated carbocycles. The van der Waals surface area contributed by atoms with Crippen LogP contribution in [0.3, 0.4) is 0 Å². The molecule has 0 amide bonds. The number of hydrazine groups is 1. The van der Waals surface area contributed by atoms with Gasteiger partial charge in [0.2, 0.25) is 0 Å². The number of hydrogen-bond donors (Lipinski definition) is 3. The van der Waals surface area contributed by atoms with E-state index in [1.54, 1.807) is 0 Å². The molecule has 94 valence electrons. The molecule has 1 aliphatic rings. The molecule has 1 aromatic heterocycles. The second kappa shape index (κ2) is 6.13. The molecule has 0 spiro atoms. The van der Waals surface area contributed by atoms with Crippen molar-refractivity contribution in [3.63, 3.8) is 0 Å². The Kier molecular flexibility index (Phi) is 4.52. The summed E-state index contributed by atoms with van der Waals surface area (Å²) < 4.78 is 6.29. The van der Waals surface area contributed by atoms with Crippen molar-refractivity contribution in [2.45, 2.75) is 25.4 Å². The molecule has 2 rings (SSSR count). The maximum absolute atomic E-state index is 5.55. The van der Waals surface area contributed by atoms with Crippen LogP contribution in [0, 0.1) is 0 Å². The first-order valence-electron chi connectivity index (χ1n) is 5.64. The number of ether oxygens (including phenoxy) is 1. The Morgan fingerprint density at radius 2 is 2.29 bits per heavy atom. The zero-order chi connectivity index (χ0) is 12.1. The Morgan fingerprint density at radius 3 is 3.00 bits per heavy atom. The summed E-state index contributed by atoms with van der Waals surface area (Å²) >= 11 is 3.39. The predicted molar refractivity (Wildman–Crippen MR) is 69.6 cm³/mol. The predicted octanol–water partition coefficient (Wildman–Crippen LogP) is 1.51. The standard InChI is InChI=1S/C10H16BrN5O/c11-8-9(14-6-15-10(8)16-12)13-4-3-7-2-1-5-17-7/h6-7H,1-5,12H2,(H2,13,14,15,16). The van der Waals surface area contributed by atoms with Crippen LogP contribution in [-0.4, -0.2) is 29.2 Å². The Balaban J connectivity index is 1.85. The molecule has 1 unspecified atom stereocenters. The highest BCUT2D eigenvalue weighted by molar-refractivity contribution is 9.10. The van der Waals surface area contributed by atoms with Crippen LogP contribution in [0.1, 0.15) is 19.3 Å². The van der Waals surface area contributed by atoms with Gasteiger partial charge in [0.25, 0.3) is 0 Å². The van der Waals surface area contributed by atoms with Gasteiger partial charge in [-0.15, -0.1) is 0 Å². The summed E-state index contributed by atoms with van der Waals surface area (Å²) in [6.07, 6.45) is 5.16. The van der Waals surface area contributed by atoms with E-state index in [0.29, 0.717) is 11.9 Å². The highest BCUT2D eigenvalue weighted by Crippen LogP contribution is 2.25. The number of rotatable bonds is 5. The van der Waals surface area contributed by atoms with E-state index in [2.05, 4.69) is 36.6 Å². The van der Waals surface area contributed by atoms with E-state index in [0.717, 1.165) is 36.3 Å². The summed E-state index contributed by atoms with van der Waals surface area (Å²) in [6, 6.07) is 0.